The maximum atomic E-state index is 13.1. The van der Waals surface area contributed by atoms with Crippen molar-refractivity contribution in [2.24, 2.45) is 11.3 Å². The van der Waals surface area contributed by atoms with Crippen molar-refractivity contribution in [1.29, 1.82) is 0 Å². The van der Waals surface area contributed by atoms with Gasteiger partial charge in [0.1, 0.15) is 5.75 Å². The van der Waals surface area contributed by atoms with Crippen LogP contribution in [0.15, 0.2) is 30.3 Å². The smallest absolute Gasteiger partial charge is 0.223 e. The zero-order valence-corrected chi connectivity index (χ0v) is 19.3. The molecule has 2 aliphatic heterocycles. The third kappa shape index (κ3) is 6.25. The molecule has 0 atom stereocenters. The maximum absolute atomic E-state index is 13.1. The van der Waals surface area contributed by atoms with Crippen molar-refractivity contribution in [1.82, 2.24) is 9.80 Å². The monoisotopic (exact) mass is 442 g/mol. The van der Waals surface area contributed by atoms with E-state index in [0.29, 0.717) is 45.8 Å². The van der Waals surface area contributed by atoms with Gasteiger partial charge in [-0.25, -0.2) is 0 Å². The van der Waals surface area contributed by atoms with E-state index in [0.717, 1.165) is 44.0 Å². The van der Waals surface area contributed by atoms with E-state index in [1.807, 2.05) is 40.1 Å². The van der Waals surface area contributed by atoms with Gasteiger partial charge in [-0.05, 0) is 37.3 Å². The van der Waals surface area contributed by atoms with Gasteiger partial charge in [0.2, 0.25) is 11.8 Å². The van der Waals surface area contributed by atoms with Crippen LogP contribution in [0, 0.1) is 11.3 Å². The molecular formula is C26H38N2O4. The Balaban J connectivity index is 1.34. The van der Waals surface area contributed by atoms with Crippen LogP contribution in [0.1, 0.15) is 57.8 Å². The molecule has 1 saturated carbocycles. The van der Waals surface area contributed by atoms with Crippen molar-refractivity contribution in [2.45, 2.75) is 57.8 Å². The van der Waals surface area contributed by atoms with Crippen LogP contribution in [0.25, 0.3) is 0 Å². The van der Waals surface area contributed by atoms with E-state index in [1.165, 1.54) is 25.7 Å². The second kappa shape index (κ2) is 11.2. The normalized spacial score (nSPS) is 21.5. The Labute approximate surface area is 192 Å². The summed E-state index contributed by atoms with van der Waals surface area (Å²) in [4.78, 5) is 29.8. The maximum Gasteiger partial charge on any atom is 0.223 e. The first-order chi connectivity index (χ1) is 15.6. The van der Waals surface area contributed by atoms with Crippen LogP contribution in [0.4, 0.5) is 0 Å². The molecule has 1 aromatic carbocycles. The summed E-state index contributed by atoms with van der Waals surface area (Å²) in [5.41, 5.74) is -0.229. The zero-order valence-electron chi connectivity index (χ0n) is 19.3. The van der Waals surface area contributed by atoms with Crippen molar-refractivity contribution in [3.8, 4) is 5.75 Å². The number of para-hydroxylation sites is 1. The van der Waals surface area contributed by atoms with E-state index >= 15 is 0 Å². The minimum absolute atomic E-state index is 0.186. The number of nitrogens with zero attached hydrogens (tertiary/aromatic N) is 2. The number of likely N-dealkylation sites (tertiary alicyclic amines) is 1. The van der Waals surface area contributed by atoms with Crippen molar-refractivity contribution in [3.05, 3.63) is 30.3 Å². The van der Waals surface area contributed by atoms with Crippen LogP contribution in [0.2, 0.25) is 0 Å². The minimum atomic E-state index is -0.229. The van der Waals surface area contributed by atoms with E-state index in [2.05, 4.69) is 0 Å². The second-order valence-electron chi connectivity index (χ2n) is 9.84. The lowest BCUT2D eigenvalue weighted by Crippen LogP contribution is -2.49. The topological polar surface area (TPSA) is 59.1 Å². The Bertz CT molecular complexity index is 733. The first-order valence-electron chi connectivity index (χ1n) is 12.4. The fourth-order valence-electron chi connectivity index (χ4n) is 5.39. The number of piperidine rings is 1. The molecule has 2 amide bonds. The summed E-state index contributed by atoms with van der Waals surface area (Å²) < 4.78 is 11.6. The average molecular weight is 443 g/mol. The summed E-state index contributed by atoms with van der Waals surface area (Å²) in [5.74, 6) is 2.05. The van der Waals surface area contributed by atoms with Crippen LogP contribution < -0.4 is 4.74 Å². The summed E-state index contributed by atoms with van der Waals surface area (Å²) in [5, 5.41) is 0. The molecule has 176 valence electrons. The van der Waals surface area contributed by atoms with Crippen LogP contribution in [-0.2, 0) is 14.3 Å². The van der Waals surface area contributed by atoms with Gasteiger partial charge < -0.3 is 19.3 Å². The molecule has 0 bridgehead atoms. The Kier molecular flexibility index (Phi) is 8.06. The van der Waals surface area contributed by atoms with Gasteiger partial charge in [-0.15, -0.1) is 0 Å². The third-order valence-electron chi connectivity index (χ3n) is 7.60. The summed E-state index contributed by atoms with van der Waals surface area (Å²) in [6.45, 7) is 4.51. The summed E-state index contributed by atoms with van der Waals surface area (Å²) >= 11 is 0. The van der Waals surface area contributed by atoms with Gasteiger partial charge in [0.15, 0.2) is 0 Å². The standard InChI is InChI=1S/C26H38N2O4/c29-24(11-10-22-6-4-5-7-22)27-14-12-26(13-15-27,21-32-23-8-2-1-3-9-23)20-25(30)28-16-18-31-19-17-28/h1-3,8-9,22H,4-7,10-21H2. The van der Waals surface area contributed by atoms with Gasteiger partial charge in [-0.3, -0.25) is 9.59 Å². The Morgan fingerprint density at radius 2 is 1.59 bits per heavy atom. The molecule has 3 fully saturated rings. The highest BCUT2D eigenvalue weighted by Crippen LogP contribution is 2.37. The van der Waals surface area contributed by atoms with Gasteiger partial charge in [0.25, 0.3) is 0 Å². The van der Waals surface area contributed by atoms with Crippen LogP contribution in [0.5, 0.6) is 5.75 Å². The zero-order chi connectivity index (χ0) is 22.2. The van der Waals surface area contributed by atoms with Gasteiger partial charge in [-0.1, -0.05) is 43.9 Å². The van der Waals surface area contributed by atoms with Crippen molar-refractivity contribution >= 4 is 11.8 Å². The van der Waals surface area contributed by atoms with Gasteiger partial charge in [0, 0.05) is 44.4 Å². The molecule has 2 heterocycles. The summed E-state index contributed by atoms with van der Waals surface area (Å²) in [6.07, 6.45) is 9.03. The minimum Gasteiger partial charge on any atom is -0.493 e. The fourth-order valence-corrected chi connectivity index (χ4v) is 5.39. The SMILES string of the molecule is O=C(CCC1CCCC1)N1CCC(COc2ccccc2)(CC(=O)N2CCOCC2)CC1. The van der Waals surface area contributed by atoms with Gasteiger partial charge in [0.05, 0.1) is 19.8 Å². The van der Waals surface area contributed by atoms with Crippen LogP contribution in [-0.4, -0.2) is 67.6 Å². The van der Waals surface area contributed by atoms with Crippen molar-refractivity contribution in [3.63, 3.8) is 0 Å². The lowest BCUT2D eigenvalue weighted by molar-refractivity contribution is -0.141. The molecule has 2 saturated heterocycles. The Morgan fingerprint density at radius 1 is 0.938 bits per heavy atom. The number of amides is 2. The molecule has 0 unspecified atom stereocenters. The van der Waals surface area contributed by atoms with E-state index in [-0.39, 0.29) is 17.2 Å². The number of carbonyl (C=O) groups is 2. The lowest BCUT2D eigenvalue weighted by atomic mass is 9.75. The number of ether oxygens (including phenoxy) is 2. The van der Waals surface area contributed by atoms with Crippen LogP contribution in [0.3, 0.4) is 0 Å². The van der Waals surface area contributed by atoms with E-state index in [4.69, 9.17) is 9.47 Å². The molecule has 1 aliphatic carbocycles. The third-order valence-corrected chi connectivity index (χ3v) is 7.60. The van der Waals surface area contributed by atoms with E-state index in [9.17, 15) is 9.59 Å². The molecule has 0 aromatic heterocycles. The van der Waals surface area contributed by atoms with Crippen molar-refractivity contribution < 1.29 is 19.1 Å². The number of hydrogen-bond donors (Lipinski definition) is 0. The highest BCUT2D eigenvalue weighted by atomic mass is 16.5. The molecule has 0 spiro atoms. The predicted octanol–water partition coefficient (Wildman–Crippen LogP) is 3.89. The summed E-state index contributed by atoms with van der Waals surface area (Å²) in [7, 11) is 0. The Morgan fingerprint density at radius 3 is 2.28 bits per heavy atom. The number of morpholine rings is 1. The molecule has 0 radical (unpaired) electrons. The molecular weight excluding hydrogens is 404 g/mol. The molecule has 3 aliphatic rings. The molecule has 6 heteroatoms. The second-order valence-corrected chi connectivity index (χ2v) is 9.84. The van der Waals surface area contributed by atoms with Gasteiger partial charge in [-0.2, -0.15) is 0 Å². The largest absolute Gasteiger partial charge is 0.493 e. The van der Waals surface area contributed by atoms with Gasteiger partial charge >= 0.3 is 0 Å². The average Bonchev–Trinajstić information content (AvgIpc) is 3.37. The lowest BCUT2D eigenvalue weighted by Gasteiger charge is -2.42. The number of hydrogen-bond acceptors (Lipinski definition) is 4. The number of rotatable bonds is 8. The van der Waals surface area contributed by atoms with Crippen LogP contribution >= 0.6 is 0 Å². The molecule has 0 N–H and O–H groups in total. The van der Waals surface area contributed by atoms with E-state index in [1.54, 1.807) is 0 Å². The van der Waals surface area contributed by atoms with E-state index < -0.39 is 0 Å². The number of carbonyl (C=O) groups excluding carboxylic acids is 2. The highest BCUT2D eigenvalue weighted by Gasteiger charge is 2.40. The first-order valence-corrected chi connectivity index (χ1v) is 12.4. The summed E-state index contributed by atoms with van der Waals surface area (Å²) in [6, 6.07) is 9.82. The quantitative estimate of drug-likeness (QED) is 0.613. The predicted molar refractivity (Wildman–Crippen MR) is 123 cm³/mol. The van der Waals surface area contributed by atoms with Crippen molar-refractivity contribution in [2.75, 3.05) is 46.0 Å². The molecule has 6 nitrogen and oxygen atoms in total. The fraction of sp³-hybridized carbons (Fsp3) is 0.692. The molecule has 4 rings (SSSR count). The molecule has 1 aromatic rings. The first kappa shape index (κ1) is 23.1. The molecule has 32 heavy (non-hydrogen) atoms. The Hall–Kier alpha value is -2.08. The number of benzene rings is 1. The highest BCUT2D eigenvalue weighted by molar-refractivity contribution is 5.78.